The third-order valence-corrected chi connectivity index (χ3v) is 6.51. The molecule has 0 spiro atoms. The Bertz CT molecular complexity index is 863. The number of anilines is 1. The van der Waals surface area contributed by atoms with Crippen LogP contribution in [0, 0.1) is 19.8 Å². The molecule has 6 nitrogen and oxygen atoms in total. The molecule has 0 radical (unpaired) electrons. The maximum atomic E-state index is 11.2. The van der Waals surface area contributed by atoms with E-state index in [9.17, 15) is 9.90 Å². The minimum Gasteiger partial charge on any atom is -0.483 e. The molecule has 2 N–H and O–H groups in total. The zero-order chi connectivity index (χ0) is 22.4. The summed E-state index contributed by atoms with van der Waals surface area (Å²) in [4.78, 5) is 24.4. The molecule has 31 heavy (non-hydrogen) atoms. The van der Waals surface area contributed by atoms with E-state index >= 15 is 0 Å². The smallest absolute Gasteiger partial charge is 0.306 e. The predicted molar refractivity (Wildman–Crippen MR) is 122 cm³/mol. The molecule has 0 saturated carbocycles. The maximum Gasteiger partial charge on any atom is 0.306 e. The number of aryl methyl sites for hydroxylation is 2. The number of carboxylic acid groups (broad SMARTS) is 2. The third kappa shape index (κ3) is 5.64. The third-order valence-electron chi connectivity index (χ3n) is 6.51. The van der Waals surface area contributed by atoms with E-state index in [1.807, 2.05) is 0 Å². The summed E-state index contributed by atoms with van der Waals surface area (Å²) in [6.07, 6.45) is 1.53. The molecule has 0 aromatic heterocycles. The van der Waals surface area contributed by atoms with Crippen molar-refractivity contribution in [1.82, 2.24) is 4.90 Å². The van der Waals surface area contributed by atoms with Crippen LogP contribution in [-0.4, -0.2) is 53.7 Å². The van der Waals surface area contributed by atoms with Crippen LogP contribution >= 0.6 is 0 Å². The Balaban J connectivity index is 0.000000858. The van der Waals surface area contributed by atoms with Crippen LogP contribution in [0.5, 0.6) is 0 Å². The average molecular weight is 425 g/mol. The molecule has 2 aromatic carbocycles. The highest BCUT2D eigenvalue weighted by Gasteiger charge is 2.29. The number of para-hydroxylation sites is 1. The highest BCUT2D eigenvalue weighted by Crippen LogP contribution is 2.33. The largest absolute Gasteiger partial charge is 0.483 e. The number of nitrogens with zero attached hydrogens (tertiary/aromatic N) is 2. The summed E-state index contributed by atoms with van der Waals surface area (Å²) in [6.45, 7) is 9.08. The summed E-state index contributed by atoms with van der Waals surface area (Å²) in [5, 5.41) is 16.1. The molecule has 4 rings (SSSR count). The van der Waals surface area contributed by atoms with Gasteiger partial charge in [0.1, 0.15) is 0 Å². The molecule has 0 amide bonds. The second kappa shape index (κ2) is 10.4. The monoisotopic (exact) mass is 424 g/mol. The number of benzene rings is 2. The van der Waals surface area contributed by atoms with Gasteiger partial charge in [0.2, 0.25) is 0 Å². The highest BCUT2D eigenvalue weighted by atomic mass is 16.4. The van der Waals surface area contributed by atoms with Gasteiger partial charge in [0.05, 0.1) is 5.92 Å². The topological polar surface area (TPSA) is 81.1 Å². The van der Waals surface area contributed by atoms with Crippen molar-refractivity contribution >= 4 is 18.1 Å². The molecule has 2 heterocycles. The first-order chi connectivity index (χ1) is 14.9. The van der Waals surface area contributed by atoms with Crippen LogP contribution in [0.1, 0.15) is 41.0 Å². The summed E-state index contributed by atoms with van der Waals surface area (Å²) in [5.74, 6) is -0.189. The molecule has 2 aliphatic rings. The van der Waals surface area contributed by atoms with E-state index in [0.29, 0.717) is 5.92 Å². The number of likely N-dealkylation sites (tertiary alicyclic amines) is 1. The average Bonchev–Trinajstić information content (AvgIpc) is 2.71. The van der Waals surface area contributed by atoms with E-state index in [2.05, 4.69) is 66.1 Å². The Morgan fingerprint density at radius 1 is 1.06 bits per heavy atom. The van der Waals surface area contributed by atoms with Crippen LogP contribution in [-0.2, 0) is 16.1 Å². The van der Waals surface area contributed by atoms with Crippen LogP contribution in [0.4, 0.5) is 5.69 Å². The number of aliphatic carboxylic acids is 1. The molecule has 2 saturated heterocycles. The fraction of sp³-hybridized carbons (Fsp3) is 0.440. The summed E-state index contributed by atoms with van der Waals surface area (Å²) in [6, 6.07) is 15.4. The highest BCUT2D eigenvalue weighted by molar-refractivity contribution is 5.70. The quantitative estimate of drug-likeness (QED) is 0.709. The van der Waals surface area contributed by atoms with Crippen molar-refractivity contribution < 1.29 is 19.8 Å². The SMILES string of the molecule is Cc1cc(C2CN(c3ccccc3)C2)cc(C)c1CN1CCC(C(=O)O)CC1.O=CO. The van der Waals surface area contributed by atoms with Crippen LogP contribution in [0.3, 0.4) is 0 Å². The first-order valence-electron chi connectivity index (χ1n) is 10.9. The van der Waals surface area contributed by atoms with Gasteiger partial charge in [-0.2, -0.15) is 0 Å². The van der Waals surface area contributed by atoms with Crippen molar-refractivity contribution in [2.75, 3.05) is 31.1 Å². The van der Waals surface area contributed by atoms with Crippen LogP contribution < -0.4 is 4.90 Å². The van der Waals surface area contributed by atoms with Crippen molar-refractivity contribution in [2.45, 2.75) is 39.2 Å². The molecule has 0 unspecified atom stereocenters. The number of hydrogen-bond acceptors (Lipinski definition) is 4. The second-order valence-electron chi connectivity index (χ2n) is 8.56. The van der Waals surface area contributed by atoms with Gasteiger partial charge in [0.15, 0.2) is 0 Å². The lowest BCUT2D eigenvalue weighted by Crippen LogP contribution is -2.45. The van der Waals surface area contributed by atoms with Gasteiger partial charge in [-0.25, -0.2) is 0 Å². The van der Waals surface area contributed by atoms with Gasteiger partial charge in [-0.1, -0.05) is 30.3 Å². The number of carbonyl (C=O) groups is 2. The van der Waals surface area contributed by atoms with E-state index in [1.54, 1.807) is 0 Å². The molecule has 2 aromatic rings. The van der Waals surface area contributed by atoms with E-state index in [0.717, 1.165) is 45.6 Å². The van der Waals surface area contributed by atoms with E-state index in [1.165, 1.54) is 27.9 Å². The molecule has 0 bridgehead atoms. The lowest BCUT2D eigenvalue weighted by Gasteiger charge is -2.42. The first-order valence-corrected chi connectivity index (χ1v) is 10.9. The molecule has 0 atom stereocenters. The Morgan fingerprint density at radius 2 is 1.61 bits per heavy atom. The zero-order valence-corrected chi connectivity index (χ0v) is 18.3. The Morgan fingerprint density at radius 3 is 2.13 bits per heavy atom. The van der Waals surface area contributed by atoms with Gasteiger partial charge in [-0.3, -0.25) is 14.5 Å². The summed E-state index contributed by atoms with van der Waals surface area (Å²) in [7, 11) is 0. The van der Waals surface area contributed by atoms with E-state index in [4.69, 9.17) is 9.90 Å². The zero-order valence-electron chi connectivity index (χ0n) is 18.3. The van der Waals surface area contributed by atoms with Gasteiger partial charge < -0.3 is 15.1 Å². The normalized spacial score (nSPS) is 17.4. The van der Waals surface area contributed by atoms with Crippen molar-refractivity contribution in [1.29, 1.82) is 0 Å². The number of piperidine rings is 1. The molecule has 2 aliphatic heterocycles. The number of carboxylic acids is 1. The lowest BCUT2D eigenvalue weighted by atomic mass is 9.86. The van der Waals surface area contributed by atoms with Crippen LogP contribution in [0.15, 0.2) is 42.5 Å². The molecule has 0 aliphatic carbocycles. The standard InChI is InChI=1S/C24H30N2O2.CH2O2/c1-17-12-20(21-14-26(15-21)22-6-4-3-5-7-22)13-18(2)23(17)16-25-10-8-19(9-11-25)24(27)28;2-1-3/h3-7,12-13,19,21H,8-11,14-16H2,1-2H3,(H,27,28);1H,(H,2,3). The van der Waals surface area contributed by atoms with Crippen molar-refractivity contribution in [3.63, 3.8) is 0 Å². The van der Waals surface area contributed by atoms with Crippen LogP contribution in [0.2, 0.25) is 0 Å². The molecule has 2 fully saturated rings. The minimum atomic E-state index is -0.638. The molecule has 6 heteroatoms. The second-order valence-corrected chi connectivity index (χ2v) is 8.56. The first kappa shape index (κ1) is 22.8. The van der Waals surface area contributed by atoms with Gasteiger partial charge in [-0.15, -0.1) is 0 Å². The molecular weight excluding hydrogens is 392 g/mol. The van der Waals surface area contributed by atoms with Crippen molar-refractivity contribution in [2.24, 2.45) is 5.92 Å². The van der Waals surface area contributed by atoms with Crippen LogP contribution in [0.25, 0.3) is 0 Å². The fourth-order valence-corrected chi connectivity index (χ4v) is 4.61. The Kier molecular flexibility index (Phi) is 7.69. The van der Waals surface area contributed by atoms with E-state index in [-0.39, 0.29) is 12.4 Å². The summed E-state index contributed by atoms with van der Waals surface area (Å²) >= 11 is 0. The van der Waals surface area contributed by atoms with Gasteiger partial charge in [0.25, 0.3) is 6.47 Å². The van der Waals surface area contributed by atoms with E-state index < -0.39 is 5.97 Å². The Labute approximate surface area is 184 Å². The van der Waals surface area contributed by atoms with Gasteiger partial charge >= 0.3 is 5.97 Å². The van der Waals surface area contributed by atoms with Crippen molar-refractivity contribution in [3.8, 4) is 0 Å². The van der Waals surface area contributed by atoms with Gasteiger partial charge in [0, 0.05) is 31.2 Å². The summed E-state index contributed by atoms with van der Waals surface area (Å²) in [5.41, 5.74) is 6.92. The summed E-state index contributed by atoms with van der Waals surface area (Å²) < 4.78 is 0. The fourth-order valence-electron chi connectivity index (χ4n) is 4.61. The predicted octanol–water partition coefficient (Wildman–Crippen LogP) is 3.90. The number of rotatable bonds is 5. The lowest BCUT2D eigenvalue weighted by molar-refractivity contribution is -0.143. The molecule has 166 valence electrons. The molecular formula is C25H32N2O4. The van der Waals surface area contributed by atoms with Gasteiger partial charge in [-0.05, 0) is 74.2 Å². The maximum absolute atomic E-state index is 11.2. The minimum absolute atomic E-state index is 0.160. The number of hydrogen-bond donors (Lipinski definition) is 2. The van der Waals surface area contributed by atoms with Crippen molar-refractivity contribution in [3.05, 3.63) is 64.7 Å². The Hall–Kier alpha value is -2.86.